The van der Waals surface area contributed by atoms with Gasteiger partial charge in [0.1, 0.15) is 17.3 Å². The summed E-state index contributed by atoms with van der Waals surface area (Å²) < 4.78 is 0. The molecule has 0 spiro atoms. The van der Waals surface area contributed by atoms with Gasteiger partial charge in [-0.25, -0.2) is 9.97 Å². The van der Waals surface area contributed by atoms with Gasteiger partial charge in [0, 0.05) is 24.8 Å². The summed E-state index contributed by atoms with van der Waals surface area (Å²) in [4.78, 5) is 23.1. The SMILES string of the molecule is Cc1ccc(C)c(Nc2cc(C(=O)N3CCCC3)nc(C)n2)c1. The minimum atomic E-state index is -0.00276. The number of nitrogens with one attached hydrogen (secondary N) is 1. The van der Waals surface area contributed by atoms with Crippen molar-refractivity contribution in [1.82, 2.24) is 14.9 Å². The minimum absolute atomic E-state index is 0.00276. The molecule has 120 valence electrons. The first-order chi connectivity index (χ1) is 11.0. The molecule has 0 atom stereocenters. The Morgan fingerprint density at radius 2 is 1.83 bits per heavy atom. The van der Waals surface area contributed by atoms with Crippen LogP contribution < -0.4 is 5.32 Å². The highest BCUT2D eigenvalue weighted by Gasteiger charge is 2.21. The number of hydrogen-bond acceptors (Lipinski definition) is 4. The monoisotopic (exact) mass is 310 g/mol. The van der Waals surface area contributed by atoms with Crippen LogP contribution in [-0.2, 0) is 0 Å². The van der Waals surface area contributed by atoms with Crippen LogP contribution in [0.25, 0.3) is 0 Å². The summed E-state index contributed by atoms with van der Waals surface area (Å²) in [6.45, 7) is 7.56. The van der Waals surface area contributed by atoms with Crippen molar-refractivity contribution in [3.63, 3.8) is 0 Å². The molecule has 23 heavy (non-hydrogen) atoms. The smallest absolute Gasteiger partial charge is 0.272 e. The Balaban J connectivity index is 1.88. The van der Waals surface area contributed by atoms with Crippen molar-refractivity contribution in [2.24, 2.45) is 0 Å². The molecule has 0 bridgehead atoms. The summed E-state index contributed by atoms with van der Waals surface area (Å²) in [5.74, 6) is 1.26. The van der Waals surface area contributed by atoms with E-state index in [0.29, 0.717) is 17.3 Å². The summed E-state index contributed by atoms with van der Waals surface area (Å²) in [6.07, 6.45) is 2.15. The zero-order valence-electron chi connectivity index (χ0n) is 13.9. The van der Waals surface area contributed by atoms with E-state index in [1.54, 1.807) is 6.07 Å². The van der Waals surface area contributed by atoms with Crippen molar-refractivity contribution >= 4 is 17.4 Å². The van der Waals surface area contributed by atoms with Crippen molar-refractivity contribution in [3.8, 4) is 0 Å². The lowest BCUT2D eigenvalue weighted by Gasteiger charge is -2.16. The first-order valence-corrected chi connectivity index (χ1v) is 8.02. The van der Waals surface area contributed by atoms with Crippen LogP contribution in [0.2, 0.25) is 0 Å². The third-order valence-corrected chi connectivity index (χ3v) is 4.11. The molecular weight excluding hydrogens is 288 g/mol. The topological polar surface area (TPSA) is 58.1 Å². The summed E-state index contributed by atoms with van der Waals surface area (Å²) in [5, 5.41) is 3.32. The number of rotatable bonds is 3. The predicted octanol–water partition coefficient (Wildman–Crippen LogP) is 3.38. The third-order valence-electron chi connectivity index (χ3n) is 4.11. The zero-order valence-corrected chi connectivity index (χ0v) is 13.9. The molecule has 0 radical (unpaired) electrons. The van der Waals surface area contributed by atoms with Gasteiger partial charge in [0.15, 0.2) is 0 Å². The Bertz CT molecular complexity index is 736. The van der Waals surface area contributed by atoms with Crippen LogP contribution in [-0.4, -0.2) is 33.9 Å². The van der Waals surface area contributed by atoms with Gasteiger partial charge in [0.2, 0.25) is 0 Å². The first kappa shape index (κ1) is 15.5. The molecule has 0 aliphatic carbocycles. The van der Waals surface area contributed by atoms with Gasteiger partial charge in [0.05, 0.1) is 0 Å². The largest absolute Gasteiger partial charge is 0.340 e. The van der Waals surface area contributed by atoms with Crippen LogP contribution in [0.4, 0.5) is 11.5 Å². The van der Waals surface area contributed by atoms with E-state index in [9.17, 15) is 4.79 Å². The Morgan fingerprint density at radius 1 is 1.09 bits per heavy atom. The van der Waals surface area contributed by atoms with Gasteiger partial charge in [-0.1, -0.05) is 12.1 Å². The van der Waals surface area contributed by atoms with Crippen LogP contribution in [0.5, 0.6) is 0 Å². The molecular formula is C18H22N4O. The molecule has 1 aliphatic heterocycles. The van der Waals surface area contributed by atoms with Crippen molar-refractivity contribution in [2.45, 2.75) is 33.6 Å². The quantitative estimate of drug-likeness (QED) is 0.944. The number of anilines is 2. The highest BCUT2D eigenvalue weighted by atomic mass is 16.2. The van der Waals surface area contributed by atoms with Gasteiger partial charge in [-0.2, -0.15) is 0 Å². The third kappa shape index (κ3) is 3.50. The second-order valence-corrected chi connectivity index (χ2v) is 6.13. The van der Waals surface area contributed by atoms with Crippen molar-refractivity contribution in [3.05, 3.63) is 46.9 Å². The Kier molecular flexibility index (Phi) is 4.28. The highest BCUT2D eigenvalue weighted by molar-refractivity contribution is 5.93. The lowest BCUT2D eigenvalue weighted by atomic mass is 10.1. The number of aryl methyl sites for hydroxylation is 3. The number of likely N-dealkylation sites (tertiary alicyclic amines) is 1. The van der Waals surface area contributed by atoms with Gasteiger partial charge in [-0.15, -0.1) is 0 Å². The van der Waals surface area contributed by atoms with Crippen molar-refractivity contribution in [2.75, 3.05) is 18.4 Å². The van der Waals surface area contributed by atoms with Gasteiger partial charge in [-0.05, 0) is 50.8 Å². The second-order valence-electron chi connectivity index (χ2n) is 6.13. The summed E-state index contributed by atoms with van der Waals surface area (Å²) in [5.41, 5.74) is 3.78. The molecule has 1 fully saturated rings. The van der Waals surface area contributed by atoms with E-state index in [1.807, 2.05) is 18.7 Å². The number of nitrogens with zero attached hydrogens (tertiary/aromatic N) is 3. The van der Waals surface area contributed by atoms with Crippen LogP contribution in [0.1, 0.15) is 40.3 Å². The number of carbonyl (C=O) groups is 1. The van der Waals surface area contributed by atoms with E-state index in [2.05, 4.69) is 40.4 Å². The lowest BCUT2D eigenvalue weighted by molar-refractivity contribution is 0.0786. The first-order valence-electron chi connectivity index (χ1n) is 8.02. The maximum absolute atomic E-state index is 12.5. The zero-order chi connectivity index (χ0) is 16.4. The molecule has 5 heteroatoms. The lowest BCUT2D eigenvalue weighted by Crippen LogP contribution is -2.28. The Hall–Kier alpha value is -2.43. The summed E-state index contributed by atoms with van der Waals surface area (Å²) >= 11 is 0. The van der Waals surface area contributed by atoms with Gasteiger partial charge in [0.25, 0.3) is 5.91 Å². The van der Waals surface area contributed by atoms with Crippen LogP contribution >= 0.6 is 0 Å². The van der Waals surface area contributed by atoms with Crippen molar-refractivity contribution < 1.29 is 4.79 Å². The summed E-state index contributed by atoms with van der Waals surface area (Å²) in [7, 11) is 0. The molecule has 0 saturated carbocycles. The highest BCUT2D eigenvalue weighted by Crippen LogP contribution is 2.22. The van der Waals surface area contributed by atoms with Gasteiger partial charge < -0.3 is 10.2 Å². The van der Waals surface area contributed by atoms with E-state index in [0.717, 1.165) is 37.2 Å². The standard InChI is InChI=1S/C18H22N4O/c1-12-6-7-13(2)15(10-12)21-17-11-16(19-14(3)20-17)18(23)22-8-4-5-9-22/h6-7,10-11H,4-5,8-9H2,1-3H3,(H,19,20,21). The van der Waals surface area contributed by atoms with Crippen LogP contribution in [0.3, 0.4) is 0 Å². The number of carbonyl (C=O) groups excluding carboxylic acids is 1. The molecule has 5 nitrogen and oxygen atoms in total. The second kappa shape index (κ2) is 6.36. The number of aromatic nitrogens is 2. The molecule has 1 amide bonds. The number of benzene rings is 1. The normalized spacial score (nSPS) is 14.1. The molecule has 1 saturated heterocycles. The molecule has 1 aromatic heterocycles. The minimum Gasteiger partial charge on any atom is -0.340 e. The maximum atomic E-state index is 12.5. The molecule has 1 N–H and O–H groups in total. The molecule has 2 heterocycles. The van der Waals surface area contributed by atoms with Crippen LogP contribution in [0.15, 0.2) is 24.3 Å². The Labute approximate surface area is 136 Å². The van der Waals surface area contributed by atoms with E-state index < -0.39 is 0 Å². The number of amides is 1. The van der Waals surface area contributed by atoms with E-state index in [-0.39, 0.29) is 5.91 Å². The maximum Gasteiger partial charge on any atom is 0.272 e. The fourth-order valence-corrected chi connectivity index (χ4v) is 2.83. The fourth-order valence-electron chi connectivity index (χ4n) is 2.83. The van der Waals surface area contributed by atoms with E-state index in [4.69, 9.17) is 0 Å². The van der Waals surface area contributed by atoms with Gasteiger partial charge in [-0.3, -0.25) is 4.79 Å². The number of hydrogen-bond donors (Lipinski definition) is 1. The molecule has 2 aromatic rings. The fraction of sp³-hybridized carbons (Fsp3) is 0.389. The van der Waals surface area contributed by atoms with E-state index in [1.165, 1.54) is 5.56 Å². The van der Waals surface area contributed by atoms with Crippen LogP contribution in [0, 0.1) is 20.8 Å². The average molecular weight is 310 g/mol. The van der Waals surface area contributed by atoms with Gasteiger partial charge >= 0.3 is 0 Å². The van der Waals surface area contributed by atoms with Crippen molar-refractivity contribution in [1.29, 1.82) is 0 Å². The van der Waals surface area contributed by atoms with E-state index >= 15 is 0 Å². The molecule has 3 rings (SSSR count). The Morgan fingerprint density at radius 3 is 2.57 bits per heavy atom. The summed E-state index contributed by atoms with van der Waals surface area (Å²) in [6, 6.07) is 7.97. The molecule has 1 aromatic carbocycles. The average Bonchev–Trinajstić information content (AvgIpc) is 3.04. The molecule has 1 aliphatic rings. The molecule has 0 unspecified atom stereocenters. The predicted molar refractivity (Wildman–Crippen MR) is 91.1 cm³/mol.